The SMILES string of the molecule is O=C1C(CCO)[C@H]2SC=CN12. The molecule has 1 N–H and O–H groups in total. The van der Waals surface area contributed by atoms with E-state index in [9.17, 15) is 4.79 Å². The van der Waals surface area contributed by atoms with Gasteiger partial charge >= 0.3 is 0 Å². The molecule has 0 aromatic carbocycles. The smallest absolute Gasteiger partial charge is 0.233 e. The summed E-state index contributed by atoms with van der Waals surface area (Å²) in [6.45, 7) is 0.112. The zero-order valence-electron chi connectivity index (χ0n) is 5.93. The van der Waals surface area contributed by atoms with Gasteiger partial charge in [-0.1, -0.05) is 0 Å². The van der Waals surface area contributed by atoms with E-state index in [1.807, 2.05) is 11.6 Å². The number of hydrogen-bond donors (Lipinski definition) is 1. The summed E-state index contributed by atoms with van der Waals surface area (Å²) in [5.41, 5.74) is 0. The predicted molar refractivity (Wildman–Crippen MR) is 42.6 cm³/mol. The molecule has 2 heterocycles. The van der Waals surface area contributed by atoms with Crippen molar-refractivity contribution in [2.24, 2.45) is 5.92 Å². The monoisotopic (exact) mass is 171 g/mol. The number of aliphatic hydroxyl groups excluding tert-OH is 1. The fourth-order valence-electron chi connectivity index (χ4n) is 1.46. The Labute approximate surface area is 69.1 Å². The van der Waals surface area contributed by atoms with Gasteiger partial charge < -0.3 is 10.0 Å². The third-order valence-electron chi connectivity index (χ3n) is 2.07. The minimum atomic E-state index is 0.0556. The first-order valence-corrected chi connectivity index (χ1v) is 4.54. The predicted octanol–water partition coefficient (Wildman–Crippen LogP) is 0.371. The van der Waals surface area contributed by atoms with E-state index in [2.05, 4.69) is 0 Å². The van der Waals surface area contributed by atoms with Gasteiger partial charge in [-0.2, -0.15) is 0 Å². The van der Waals surface area contributed by atoms with E-state index < -0.39 is 0 Å². The Hall–Kier alpha value is -0.480. The molecule has 1 amide bonds. The van der Waals surface area contributed by atoms with Crippen molar-refractivity contribution < 1.29 is 9.90 Å². The molecule has 0 radical (unpaired) electrons. The molecule has 2 aliphatic heterocycles. The summed E-state index contributed by atoms with van der Waals surface area (Å²) in [5.74, 6) is 0.213. The number of β-lactam (4-membered cyclic amide) rings is 1. The van der Waals surface area contributed by atoms with Gasteiger partial charge in [0.05, 0.1) is 11.3 Å². The van der Waals surface area contributed by atoms with Gasteiger partial charge in [0, 0.05) is 12.8 Å². The number of carbonyl (C=O) groups excluding carboxylic acids is 1. The first-order valence-electron chi connectivity index (χ1n) is 3.60. The number of hydrogen-bond acceptors (Lipinski definition) is 3. The van der Waals surface area contributed by atoms with E-state index in [1.54, 1.807) is 16.7 Å². The fourth-order valence-corrected chi connectivity index (χ4v) is 2.57. The normalized spacial score (nSPS) is 33.9. The number of aliphatic hydroxyl groups is 1. The third kappa shape index (κ3) is 0.895. The maximum atomic E-state index is 11.2. The molecule has 1 fully saturated rings. The second kappa shape index (κ2) is 2.53. The molecule has 2 atom stereocenters. The summed E-state index contributed by atoms with van der Waals surface area (Å²) in [4.78, 5) is 12.9. The van der Waals surface area contributed by atoms with E-state index in [0.717, 1.165) is 0 Å². The molecule has 0 saturated carbocycles. The van der Waals surface area contributed by atoms with Crippen LogP contribution < -0.4 is 0 Å². The van der Waals surface area contributed by atoms with Crippen LogP contribution in [0.2, 0.25) is 0 Å². The second-order valence-electron chi connectivity index (χ2n) is 2.68. The number of carbonyl (C=O) groups is 1. The number of thioether (sulfide) groups is 1. The Kier molecular flexibility index (Phi) is 1.65. The Morgan fingerprint density at radius 1 is 1.73 bits per heavy atom. The quantitative estimate of drug-likeness (QED) is 0.610. The average molecular weight is 171 g/mol. The largest absolute Gasteiger partial charge is 0.396 e. The molecule has 4 heteroatoms. The molecule has 60 valence electrons. The van der Waals surface area contributed by atoms with Gasteiger partial charge in [0.1, 0.15) is 0 Å². The minimum absolute atomic E-state index is 0.0556. The number of amides is 1. The van der Waals surface area contributed by atoms with Crippen LogP contribution in [0.3, 0.4) is 0 Å². The van der Waals surface area contributed by atoms with Crippen LogP contribution in [-0.2, 0) is 4.79 Å². The van der Waals surface area contributed by atoms with Gasteiger partial charge in [-0.25, -0.2) is 0 Å². The average Bonchev–Trinajstić information content (AvgIpc) is 2.44. The summed E-state index contributed by atoms with van der Waals surface area (Å²) in [6, 6.07) is 0. The molecule has 11 heavy (non-hydrogen) atoms. The topological polar surface area (TPSA) is 40.5 Å². The van der Waals surface area contributed by atoms with Crippen LogP contribution in [0, 0.1) is 5.92 Å². The van der Waals surface area contributed by atoms with Crippen molar-refractivity contribution in [1.82, 2.24) is 4.90 Å². The van der Waals surface area contributed by atoms with E-state index >= 15 is 0 Å². The molecule has 2 aliphatic rings. The lowest BCUT2D eigenvalue weighted by molar-refractivity contribution is -0.146. The molecule has 0 aliphatic carbocycles. The first-order chi connectivity index (χ1) is 5.34. The number of rotatable bonds is 2. The van der Waals surface area contributed by atoms with E-state index in [0.29, 0.717) is 6.42 Å². The molecule has 3 nitrogen and oxygen atoms in total. The summed E-state index contributed by atoms with van der Waals surface area (Å²) in [6.07, 6.45) is 2.42. The van der Waals surface area contributed by atoms with Crippen LogP contribution in [0.5, 0.6) is 0 Å². The molecule has 0 aromatic heterocycles. The van der Waals surface area contributed by atoms with Crippen molar-refractivity contribution >= 4 is 17.7 Å². The molecular weight excluding hydrogens is 162 g/mol. The lowest BCUT2D eigenvalue weighted by Crippen LogP contribution is -2.54. The summed E-state index contributed by atoms with van der Waals surface area (Å²) in [5, 5.41) is 10.9. The first kappa shape index (κ1) is 7.18. The van der Waals surface area contributed by atoms with Crippen LogP contribution in [0.25, 0.3) is 0 Å². The molecule has 1 saturated heterocycles. The van der Waals surface area contributed by atoms with Gasteiger partial charge in [-0.05, 0) is 11.8 Å². The second-order valence-corrected chi connectivity index (χ2v) is 3.70. The molecule has 0 aromatic rings. The van der Waals surface area contributed by atoms with Crippen LogP contribution in [0.4, 0.5) is 0 Å². The molecule has 2 rings (SSSR count). The summed E-state index contributed by atoms with van der Waals surface area (Å²) in [7, 11) is 0. The van der Waals surface area contributed by atoms with E-state index in [-0.39, 0.29) is 23.8 Å². The highest BCUT2D eigenvalue weighted by Gasteiger charge is 2.47. The summed E-state index contributed by atoms with van der Waals surface area (Å²) >= 11 is 1.66. The van der Waals surface area contributed by atoms with Crippen molar-refractivity contribution in [2.75, 3.05) is 6.61 Å². The Balaban J connectivity index is 2.01. The van der Waals surface area contributed by atoms with E-state index in [1.165, 1.54) is 0 Å². The Morgan fingerprint density at radius 3 is 3.27 bits per heavy atom. The van der Waals surface area contributed by atoms with Gasteiger partial charge in [0.25, 0.3) is 0 Å². The Morgan fingerprint density at radius 2 is 2.55 bits per heavy atom. The maximum Gasteiger partial charge on any atom is 0.233 e. The fraction of sp³-hybridized carbons (Fsp3) is 0.571. The van der Waals surface area contributed by atoms with Crippen LogP contribution in [0.15, 0.2) is 11.6 Å². The Bertz CT molecular complexity index is 216. The van der Waals surface area contributed by atoms with Gasteiger partial charge in [-0.3, -0.25) is 4.79 Å². The highest BCUT2D eigenvalue weighted by atomic mass is 32.2. The van der Waals surface area contributed by atoms with Gasteiger partial charge in [0.15, 0.2) is 0 Å². The third-order valence-corrected chi connectivity index (χ3v) is 3.18. The maximum absolute atomic E-state index is 11.2. The molecule has 0 bridgehead atoms. The van der Waals surface area contributed by atoms with Crippen LogP contribution in [0.1, 0.15) is 6.42 Å². The lowest BCUT2D eigenvalue weighted by atomic mass is 9.96. The lowest BCUT2D eigenvalue weighted by Gasteiger charge is -2.40. The zero-order valence-corrected chi connectivity index (χ0v) is 6.75. The molecule has 1 unspecified atom stereocenters. The highest BCUT2D eigenvalue weighted by Crippen LogP contribution is 2.42. The van der Waals surface area contributed by atoms with Crippen molar-refractivity contribution in [3.63, 3.8) is 0 Å². The number of nitrogens with zero attached hydrogens (tertiary/aromatic N) is 1. The standard InChI is InChI=1S/C7H9NO2S/c9-3-1-5-6(10)8-2-4-11-7(5)8/h2,4-5,7,9H,1,3H2/t5?,7-/m1/s1. The van der Waals surface area contributed by atoms with Crippen LogP contribution >= 0.6 is 11.8 Å². The summed E-state index contributed by atoms with van der Waals surface area (Å²) < 4.78 is 0. The van der Waals surface area contributed by atoms with E-state index in [4.69, 9.17) is 5.11 Å². The zero-order chi connectivity index (χ0) is 7.84. The van der Waals surface area contributed by atoms with Crippen molar-refractivity contribution in [3.8, 4) is 0 Å². The molecular formula is C7H9NO2S. The van der Waals surface area contributed by atoms with Gasteiger partial charge in [0.2, 0.25) is 5.91 Å². The van der Waals surface area contributed by atoms with Crippen molar-refractivity contribution in [2.45, 2.75) is 11.8 Å². The number of fused-ring (bicyclic) bond motifs is 1. The van der Waals surface area contributed by atoms with Crippen LogP contribution in [-0.4, -0.2) is 27.9 Å². The highest BCUT2D eigenvalue weighted by molar-refractivity contribution is 8.03. The van der Waals surface area contributed by atoms with Crippen molar-refractivity contribution in [1.29, 1.82) is 0 Å². The van der Waals surface area contributed by atoms with Gasteiger partial charge in [-0.15, -0.1) is 11.8 Å². The molecule has 0 spiro atoms. The van der Waals surface area contributed by atoms with Crippen molar-refractivity contribution in [3.05, 3.63) is 11.6 Å². The minimum Gasteiger partial charge on any atom is -0.396 e.